The summed E-state index contributed by atoms with van der Waals surface area (Å²) in [4.78, 5) is 0. The van der Waals surface area contributed by atoms with Gasteiger partial charge >= 0.3 is 0 Å². The van der Waals surface area contributed by atoms with Gasteiger partial charge in [0, 0.05) is 11.6 Å². The van der Waals surface area contributed by atoms with Gasteiger partial charge in [-0.2, -0.15) is 0 Å². The first kappa shape index (κ1) is 12.9. The number of furan rings is 1. The zero-order valence-electron chi connectivity index (χ0n) is 11.6. The smallest absolute Gasteiger partial charge is 0.101 e. The minimum absolute atomic E-state index is 0.310. The maximum absolute atomic E-state index is 5.39. The zero-order valence-corrected chi connectivity index (χ0v) is 11.6. The van der Waals surface area contributed by atoms with E-state index in [1.165, 1.54) is 22.3 Å². The number of likely N-dealkylation sites (N-methyl/N-ethyl adjacent to an activating group) is 1. The first-order valence-electron chi connectivity index (χ1n) is 6.38. The van der Waals surface area contributed by atoms with Gasteiger partial charge in [0.05, 0.1) is 6.26 Å². The largest absolute Gasteiger partial charge is 0.469 e. The monoisotopic (exact) mass is 243 g/mol. The SMILES string of the molecule is CNC(Cc1ccc(C)c(C)c1)c1coc(C)c1. The molecule has 0 spiro atoms. The molecule has 2 nitrogen and oxygen atoms in total. The fourth-order valence-electron chi connectivity index (χ4n) is 2.20. The van der Waals surface area contributed by atoms with Gasteiger partial charge in [-0.25, -0.2) is 0 Å². The van der Waals surface area contributed by atoms with Crippen molar-refractivity contribution in [2.24, 2.45) is 0 Å². The summed E-state index contributed by atoms with van der Waals surface area (Å²) in [6.07, 6.45) is 2.83. The predicted molar refractivity (Wildman–Crippen MR) is 74.9 cm³/mol. The lowest BCUT2D eigenvalue weighted by Crippen LogP contribution is -2.18. The van der Waals surface area contributed by atoms with Crippen molar-refractivity contribution >= 4 is 0 Å². The van der Waals surface area contributed by atoms with Gasteiger partial charge in [0.25, 0.3) is 0 Å². The summed E-state index contributed by atoms with van der Waals surface area (Å²) in [6.45, 7) is 6.29. The van der Waals surface area contributed by atoms with Crippen LogP contribution in [0.25, 0.3) is 0 Å². The molecule has 0 bridgehead atoms. The van der Waals surface area contributed by atoms with Gasteiger partial charge in [-0.15, -0.1) is 0 Å². The van der Waals surface area contributed by atoms with Crippen LogP contribution < -0.4 is 5.32 Å². The summed E-state index contributed by atoms with van der Waals surface area (Å²) in [5.74, 6) is 0.963. The van der Waals surface area contributed by atoms with Crippen LogP contribution in [0.3, 0.4) is 0 Å². The fourth-order valence-corrected chi connectivity index (χ4v) is 2.20. The molecular formula is C16H21NO. The van der Waals surface area contributed by atoms with Crippen LogP contribution in [0, 0.1) is 20.8 Å². The normalized spacial score (nSPS) is 12.7. The van der Waals surface area contributed by atoms with E-state index in [4.69, 9.17) is 4.42 Å². The summed E-state index contributed by atoms with van der Waals surface area (Å²) in [6, 6.07) is 9.08. The van der Waals surface area contributed by atoms with E-state index >= 15 is 0 Å². The molecule has 0 aliphatic carbocycles. The standard InChI is InChI=1S/C16H21NO/c1-11-5-6-14(7-12(11)2)9-16(17-4)15-8-13(3)18-10-15/h5-8,10,16-17H,9H2,1-4H3. The Balaban J connectivity index is 2.17. The van der Waals surface area contributed by atoms with Crippen LogP contribution in [0.4, 0.5) is 0 Å². The predicted octanol–water partition coefficient (Wildman–Crippen LogP) is 3.71. The molecule has 2 heteroatoms. The molecule has 2 rings (SSSR count). The summed E-state index contributed by atoms with van der Waals surface area (Å²) in [5.41, 5.74) is 5.27. The van der Waals surface area contributed by atoms with E-state index in [1.54, 1.807) is 0 Å². The Morgan fingerprint density at radius 3 is 2.44 bits per heavy atom. The van der Waals surface area contributed by atoms with Gasteiger partial charge < -0.3 is 9.73 Å². The molecule has 1 unspecified atom stereocenters. The average molecular weight is 243 g/mol. The molecule has 1 aromatic heterocycles. The van der Waals surface area contributed by atoms with E-state index in [9.17, 15) is 0 Å². The van der Waals surface area contributed by atoms with E-state index < -0.39 is 0 Å². The van der Waals surface area contributed by atoms with Crippen molar-refractivity contribution in [3.63, 3.8) is 0 Å². The Morgan fingerprint density at radius 1 is 1.11 bits per heavy atom. The Kier molecular flexibility index (Phi) is 3.87. The lowest BCUT2D eigenvalue weighted by Gasteiger charge is -2.15. The quantitative estimate of drug-likeness (QED) is 0.885. The molecule has 1 aromatic carbocycles. The summed E-state index contributed by atoms with van der Waals surface area (Å²) >= 11 is 0. The number of nitrogens with one attached hydrogen (secondary N) is 1. The molecule has 0 radical (unpaired) electrons. The molecule has 0 saturated heterocycles. The van der Waals surface area contributed by atoms with Gasteiger partial charge in [0.15, 0.2) is 0 Å². The molecule has 0 amide bonds. The number of aryl methyl sites for hydroxylation is 3. The third kappa shape index (κ3) is 2.82. The summed E-state index contributed by atoms with van der Waals surface area (Å²) < 4.78 is 5.39. The van der Waals surface area contributed by atoms with Crippen molar-refractivity contribution in [2.75, 3.05) is 7.05 Å². The van der Waals surface area contributed by atoms with E-state index in [1.807, 2.05) is 20.2 Å². The van der Waals surface area contributed by atoms with E-state index in [0.29, 0.717) is 6.04 Å². The van der Waals surface area contributed by atoms with Crippen LogP contribution >= 0.6 is 0 Å². The second-order valence-corrected chi connectivity index (χ2v) is 4.95. The topological polar surface area (TPSA) is 25.2 Å². The first-order valence-corrected chi connectivity index (χ1v) is 6.38. The van der Waals surface area contributed by atoms with E-state index in [2.05, 4.69) is 43.4 Å². The Bertz CT molecular complexity index is 528. The van der Waals surface area contributed by atoms with Crippen LogP contribution in [0.2, 0.25) is 0 Å². The molecule has 0 saturated carbocycles. The van der Waals surface area contributed by atoms with E-state index in [-0.39, 0.29) is 0 Å². The molecule has 96 valence electrons. The number of rotatable bonds is 4. The van der Waals surface area contributed by atoms with Crippen LogP contribution in [-0.2, 0) is 6.42 Å². The fraction of sp³-hybridized carbons (Fsp3) is 0.375. The van der Waals surface area contributed by atoms with Gasteiger partial charge in [-0.3, -0.25) is 0 Å². The molecule has 0 fully saturated rings. The van der Waals surface area contributed by atoms with E-state index in [0.717, 1.165) is 12.2 Å². The first-order chi connectivity index (χ1) is 8.60. The summed E-state index contributed by atoms with van der Waals surface area (Å²) in [7, 11) is 1.99. The van der Waals surface area contributed by atoms with Crippen molar-refractivity contribution in [3.8, 4) is 0 Å². The van der Waals surface area contributed by atoms with Crippen LogP contribution in [0.15, 0.2) is 34.9 Å². The Labute approximate surface area is 109 Å². The molecule has 1 atom stereocenters. The van der Waals surface area contributed by atoms with Gasteiger partial charge in [-0.05, 0) is 57.0 Å². The Hall–Kier alpha value is -1.54. The number of benzene rings is 1. The van der Waals surface area contributed by atoms with Crippen LogP contribution in [0.5, 0.6) is 0 Å². The highest BCUT2D eigenvalue weighted by Crippen LogP contribution is 2.21. The highest BCUT2D eigenvalue weighted by molar-refractivity contribution is 5.31. The third-order valence-electron chi connectivity index (χ3n) is 3.51. The number of hydrogen-bond donors (Lipinski definition) is 1. The zero-order chi connectivity index (χ0) is 13.1. The third-order valence-corrected chi connectivity index (χ3v) is 3.51. The maximum atomic E-state index is 5.39. The maximum Gasteiger partial charge on any atom is 0.101 e. The molecule has 2 aromatic rings. The van der Waals surface area contributed by atoms with Crippen molar-refractivity contribution in [2.45, 2.75) is 33.2 Å². The van der Waals surface area contributed by atoms with Gasteiger partial charge in [0.1, 0.15) is 5.76 Å². The highest BCUT2D eigenvalue weighted by Gasteiger charge is 2.12. The van der Waals surface area contributed by atoms with Crippen molar-refractivity contribution in [3.05, 3.63) is 58.5 Å². The van der Waals surface area contributed by atoms with Crippen molar-refractivity contribution < 1.29 is 4.42 Å². The second kappa shape index (κ2) is 5.40. The molecule has 1 heterocycles. The molecule has 0 aliphatic heterocycles. The minimum atomic E-state index is 0.310. The van der Waals surface area contributed by atoms with Crippen LogP contribution in [-0.4, -0.2) is 7.05 Å². The highest BCUT2D eigenvalue weighted by atomic mass is 16.3. The van der Waals surface area contributed by atoms with Gasteiger partial charge in [0.2, 0.25) is 0 Å². The lowest BCUT2D eigenvalue weighted by molar-refractivity contribution is 0.520. The molecule has 1 N–H and O–H groups in total. The van der Waals surface area contributed by atoms with Gasteiger partial charge in [-0.1, -0.05) is 18.2 Å². The lowest BCUT2D eigenvalue weighted by atomic mass is 9.98. The minimum Gasteiger partial charge on any atom is -0.469 e. The number of hydrogen-bond acceptors (Lipinski definition) is 2. The molecular weight excluding hydrogens is 222 g/mol. The molecule has 0 aliphatic rings. The second-order valence-electron chi connectivity index (χ2n) is 4.95. The Morgan fingerprint density at radius 2 is 1.89 bits per heavy atom. The van der Waals surface area contributed by atoms with Crippen molar-refractivity contribution in [1.29, 1.82) is 0 Å². The van der Waals surface area contributed by atoms with Crippen LogP contribution in [0.1, 0.15) is 34.1 Å². The summed E-state index contributed by atoms with van der Waals surface area (Å²) in [5, 5.41) is 3.35. The average Bonchev–Trinajstić information content (AvgIpc) is 2.77. The molecule has 18 heavy (non-hydrogen) atoms. The van der Waals surface area contributed by atoms with Crippen molar-refractivity contribution in [1.82, 2.24) is 5.32 Å².